The van der Waals surface area contributed by atoms with Crippen molar-refractivity contribution in [2.75, 3.05) is 11.9 Å². The lowest BCUT2D eigenvalue weighted by atomic mass is 10.2. The lowest BCUT2D eigenvalue weighted by molar-refractivity contribution is 0.102. The molecule has 0 saturated heterocycles. The summed E-state index contributed by atoms with van der Waals surface area (Å²) in [5.41, 5.74) is 0.214. The van der Waals surface area contributed by atoms with Crippen molar-refractivity contribution >= 4 is 11.7 Å². The van der Waals surface area contributed by atoms with Gasteiger partial charge in [0.1, 0.15) is 5.82 Å². The molecule has 0 aliphatic heterocycles. The van der Waals surface area contributed by atoms with Crippen molar-refractivity contribution in [3.63, 3.8) is 0 Å². The Morgan fingerprint density at radius 1 is 1.37 bits per heavy atom. The molecule has 19 heavy (non-hydrogen) atoms. The van der Waals surface area contributed by atoms with Crippen LogP contribution in [0.3, 0.4) is 0 Å². The number of hydrogen-bond acceptors (Lipinski definition) is 3. The fourth-order valence-corrected chi connectivity index (χ4v) is 1.54. The third kappa shape index (κ3) is 3.28. The largest absolute Gasteiger partial charge is 0.491 e. The Hall–Kier alpha value is -2.43. The first kappa shape index (κ1) is 13.0. The van der Waals surface area contributed by atoms with Gasteiger partial charge in [-0.2, -0.15) is 0 Å². The van der Waals surface area contributed by atoms with Gasteiger partial charge < -0.3 is 10.1 Å². The molecule has 1 amide bonds. The van der Waals surface area contributed by atoms with Crippen LogP contribution in [-0.4, -0.2) is 17.5 Å². The molecule has 0 radical (unpaired) electrons. The SMILES string of the molecule is CCOc1ccc(C(=O)Nc2ccccn2)cc1F. The lowest BCUT2D eigenvalue weighted by Gasteiger charge is -2.07. The number of halogens is 1. The third-order valence-electron chi connectivity index (χ3n) is 2.40. The van der Waals surface area contributed by atoms with Gasteiger partial charge in [0.05, 0.1) is 6.61 Å². The van der Waals surface area contributed by atoms with Gasteiger partial charge in [0.25, 0.3) is 5.91 Å². The highest BCUT2D eigenvalue weighted by molar-refractivity contribution is 6.03. The number of anilines is 1. The number of carbonyl (C=O) groups excluding carboxylic acids is 1. The number of aromatic nitrogens is 1. The van der Waals surface area contributed by atoms with Crippen molar-refractivity contribution in [2.24, 2.45) is 0 Å². The number of benzene rings is 1. The normalized spacial score (nSPS) is 10.0. The number of hydrogen-bond donors (Lipinski definition) is 1. The monoisotopic (exact) mass is 260 g/mol. The van der Waals surface area contributed by atoms with E-state index in [-0.39, 0.29) is 11.3 Å². The van der Waals surface area contributed by atoms with Gasteiger partial charge >= 0.3 is 0 Å². The van der Waals surface area contributed by atoms with Crippen LogP contribution in [0.15, 0.2) is 42.6 Å². The average Bonchev–Trinajstić information content (AvgIpc) is 2.42. The highest BCUT2D eigenvalue weighted by Gasteiger charge is 2.10. The second kappa shape index (κ2) is 5.95. The molecule has 0 spiro atoms. The molecular formula is C14H13FN2O2. The molecule has 0 bridgehead atoms. The Balaban J connectivity index is 2.14. The van der Waals surface area contributed by atoms with Gasteiger partial charge in [-0.1, -0.05) is 6.07 Å². The van der Waals surface area contributed by atoms with Gasteiger partial charge in [-0.05, 0) is 37.3 Å². The minimum atomic E-state index is -0.560. The minimum Gasteiger partial charge on any atom is -0.491 e. The summed E-state index contributed by atoms with van der Waals surface area (Å²) in [6, 6.07) is 9.23. The van der Waals surface area contributed by atoms with Crippen molar-refractivity contribution in [3.05, 3.63) is 54.0 Å². The predicted octanol–water partition coefficient (Wildman–Crippen LogP) is 2.87. The maximum Gasteiger partial charge on any atom is 0.256 e. The van der Waals surface area contributed by atoms with Crippen LogP contribution in [0.5, 0.6) is 5.75 Å². The lowest BCUT2D eigenvalue weighted by Crippen LogP contribution is -2.13. The van der Waals surface area contributed by atoms with Crippen LogP contribution < -0.4 is 10.1 Å². The van der Waals surface area contributed by atoms with E-state index in [1.54, 1.807) is 31.3 Å². The zero-order chi connectivity index (χ0) is 13.7. The summed E-state index contributed by atoms with van der Waals surface area (Å²) >= 11 is 0. The highest BCUT2D eigenvalue weighted by atomic mass is 19.1. The second-order valence-corrected chi connectivity index (χ2v) is 3.75. The van der Waals surface area contributed by atoms with Crippen LogP contribution in [0.4, 0.5) is 10.2 Å². The van der Waals surface area contributed by atoms with E-state index >= 15 is 0 Å². The Kier molecular flexibility index (Phi) is 4.07. The number of pyridine rings is 1. The zero-order valence-corrected chi connectivity index (χ0v) is 10.4. The van der Waals surface area contributed by atoms with E-state index in [1.165, 1.54) is 12.1 Å². The molecule has 1 aromatic carbocycles. The van der Waals surface area contributed by atoms with Crippen LogP contribution in [0.2, 0.25) is 0 Å². The van der Waals surface area contributed by atoms with E-state index in [0.717, 1.165) is 6.07 Å². The van der Waals surface area contributed by atoms with Crippen LogP contribution in [0.25, 0.3) is 0 Å². The quantitative estimate of drug-likeness (QED) is 0.919. The van der Waals surface area contributed by atoms with E-state index in [9.17, 15) is 9.18 Å². The molecular weight excluding hydrogens is 247 g/mol. The van der Waals surface area contributed by atoms with Crippen LogP contribution in [-0.2, 0) is 0 Å². The van der Waals surface area contributed by atoms with Crippen molar-refractivity contribution in [2.45, 2.75) is 6.92 Å². The van der Waals surface area contributed by atoms with Gasteiger partial charge in [0.15, 0.2) is 11.6 Å². The van der Waals surface area contributed by atoms with E-state index in [4.69, 9.17) is 4.74 Å². The summed E-state index contributed by atoms with van der Waals surface area (Å²) in [6.07, 6.45) is 1.56. The molecule has 98 valence electrons. The van der Waals surface area contributed by atoms with Gasteiger partial charge in [-0.25, -0.2) is 9.37 Å². The van der Waals surface area contributed by atoms with E-state index in [0.29, 0.717) is 12.4 Å². The number of rotatable bonds is 4. The van der Waals surface area contributed by atoms with Gasteiger partial charge in [0, 0.05) is 11.8 Å². The predicted molar refractivity (Wildman–Crippen MR) is 69.8 cm³/mol. The first-order valence-corrected chi connectivity index (χ1v) is 5.85. The van der Waals surface area contributed by atoms with Crippen molar-refractivity contribution < 1.29 is 13.9 Å². The van der Waals surface area contributed by atoms with Crippen LogP contribution in [0.1, 0.15) is 17.3 Å². The second-order valence-electron chi connectivity index (χ2n) is 3.75. The summed E-state index contributed by atoms with van der Waals surface area (Å²) in [5, 5.41) is 2.58. The Labute approximate surface area is 110 Å². The van der Waals surface area contributed by atoms with Gasteiger partial charge in [0.2, 0.25) is 0 Å². The van der Waals surface area contributed by atoms with E-state index in [2.05, 4.69) is 10.3 Å². The van der Waals surface area contributed by atoms with Crippen LogP contribution in [0, 0.1) is 5.82 Å². The highest BCUT2D eigenvalue weighted by Crippen LogP contribution is 2.18. The molecule has 5 heteroatoms. The molecule has 0 saturated carbocycles. The van der Waals surface area contributed by atoms with Crippen LogP contribution >= 0.6 is 0 Å². The molecule has 4 nitrogen and oxygen atoms in total. The molecule has 1 N–H and O–H groups in total. The Bertz CT molecular complexity index is 573. The van der Waals surface area contributed by atoms with E-state index in [1.807, 2.05) is 0 Å². The molecule has 0 atom stereocenters. The Morgan fingerprint density at radius 3 is 2.84 bits per heavy atom. The first-order valence-electron chi connectivity index (χ1n) is 5.85. The molecule has 0 aliphatic rings. The van der Waals surface area contributed by atoms with Gasteiger partial charge in [-0.3, -0.25) is 4.79 Å². The maximum absolute atomic E-state index is 13.6. The number of carbonyl (C=O) groups is 1. The van der Waals surface area contributed by atoms with Crippen molar-refractivity contribution in [1.82, 2.24) is 4.98 Å². The van der Waals surface area contributed by atoms with Crippen molar-refractivity contribution in [1.29, 1.82) is 0 Å². The van der Waals surface area contributed by atoms with Gasteiger partial charge in [-0.15, -0.1) is 0 Å². The fraction of sp³-hybridized carbons (Fsp3) is 0.143. The number of ether oxygens (including phenoxy) is 1. The summed E-state index contributed by atoms with van der Waals surface area (Å²) in [4.78, 5) is 15.8. The maximum atomic E-state index is 13.6. The molecule has 0 aliphatic carbocycles. The van der Waals surface area contributed by atoms with Crippen molar-refractivity contribution in [3.8, 4) is 5.75 Å². The smallest absolute Gasteiger partial charge is 0.256 e. The topological polar surface area (TPSA) is 51.2 Å². The summed E-state index contributed by atoms with van der Waals surface area (Å²) < 4.78 is 18.7. The molecule has 1 heterocycles. The average molecular weight is 260 g/mol. The Morgan fingerprint density at radius 2 is 2.21 bits per heavy atom. The molecule has 0 fully saturated rings. The standard InChI is InChI=1S/C14H13FN2O2/c1-2-19-12-7-6-10(9-11(12)15)14(18)17-13-5-3-4-8-16-13/h3-9H,2H2,1H3,(H,16,17,18). The third-order valence-corrected chi connectivity index (χ3v) is 2.40. The molecule has 1 aromatic heterocycles. The van der Waals surface area contributed by atoms with E-state index < -0.39 is 11.7 Å². The first-order chi connectivity index (χ1) is 9.20. The summed E-state index contributed by atoms with van der Waals surface area (Å²) in [6.45, 7) is 2.14. The number of nitrogens with one attached hydrogen (secondary N) is 1. The molecule has 0 unspecified atom stereocenters. The summed E-state index contributed by atoms with van der Waals surface area (Å²) in [5.74, 6) is -0.421. The number of amides is 1. The fourth-order valence-electron chi connectivity index (χ4n) is 1.54. The molecule has 2 aromatic rings. The zero-order valence-electron chi connectivity index (χ0n) is 10.4. The molecule has 2 rings (SSSR count). The minimum absolute atomic E-state index is 0.136. The number of nitrogens with zero attached hydrogens (tertiary/aromatic N) is 1. The summed E-state index contributed by atoms with van der Waals surface area (Å²) in [7, 11) is 0.